The summed E-state index contributed by atoms with van der Waals surface area (Å²) in [6.45, 7) is 14.7. The van der Waals surface area contributed by atoms with E-state index in [1.165, 1.54) is 4.90 Å². The molecule has 2 aliphatic rings. The minimum Gasteiger partial charge on any atom is -0.493 e. The monoisotopic (exact) mass is 458 g/mol. The molecule has 33 heavy (non-hydrogen) atoms. The molecule has 2 atom stereocenters. The maximum atomic E-state index is 13.5. The van der Waals surface area contributed by atoms with Crippen LogP contribution in [0.4, 0.5) is 0 Å². The topological polar surface area (TPSA) is 68.3 Å². The van der Waals surface area contributed by atoms with Crippen LogP contribution in [0.5, 0.6) is 5.75 Å². The highest BCUT2D eigenvalue weighted by Gasteiger charge is 2.42. The number of amides is 2. The van der Waals surface area contributed by atoms with Crippen LogP contribution in [0.15, 0.2) is 30.0 Å². The first-order chi connectivity index (χ1) is 15.7. The third kappa shape index (κ3) is 6.36. The first-order valence-electron chi connectivity index (χ1n) is 12.0. The maximum Gasteiger partial charge on any atom is 0.277 e. The van der Waals surface area contributed by atoms with Gasteiger partial charge in [-0.05, 0) is 57.7 Å². The number of ether oxygens (including phenoxy) is 3. The predicted octanol–water partition coefficient (Wildman–Crippen LogP) is 3.73. The Bertz CT molecular complexity index is 852. The van der Waals surface area contributed by atoms with Crippen LogP contribution in [0.25, 0.3) is 5.57 Å². The van der Waals surface area contributed by atoms with Gasteiger partial charge in [-0.2, -0.15) is 0 Å². The summed E-state index contributed by atoms with van der Waals surface area (Å²) in [4.78, 5) is 30.3. The van der Waals surface area contributed by atoms with Crippen LogP contribution in [0.3, 0.4) is 0 Å². The molecular weight excluding hydrogens is 420 g/mol. The summed E-state index contributed by atoms with van der Waals surface area (Å²) in [5.41, 5.74) is 1.66. The van der Waals surface area contributed by atoms with Gasteiger partial charge in [0.2, 0.25) is 0 Å². The Balaban J connectivity index is 1.88. The average molecular weight is 459 g/mol. The van der Waals surface area contributed by atoms with Crippen molar-refractivity contribution in [2.24, 2.45) is 5.92 Å². The lowest BCUT2D eigenvalue weighted by Gasteiger charge is -2.37. The van der Waals surface area contributed by atoms with Gasteiger partial charge in [-0.15, -0.1) is 0 Å². The predicted molar refractivity (Wildman–Crippen MR) is 128 cm³/mol. The minimum absolute atomic E-state index is 0.0225. The zero-order valence-corrected chi connectivity index (χ0v) is 20.8. The Morgan fingerprint density at radius 1 is 1.00 bits per heavy atom. The number of imide groups is 1. The normalized spacial score (nSPS) is 21.7. The fourth-order valence-electron chi connectivity index (χ4n) is 4.20. The van der Waals surface area contributed by atoms with Crippen molar-refractivity contribution in [3.05, 3.63) is 35.5 Å². The summed E-state index contributed by atoms with van der Waals surface area (Å²) in [5.74, 6) is 0.692. The number of carbonyl (C=O) groups excluding carboxylic acids is 2. The Labute approximate surface area is 197 Å². The third-order valence-electron chi connectivity index (χ3n) is 5.58. The molecule has 0 spiro atoms. The number of hydrogen-bond donors (Lipinski definition) is 0. The second-order valence-corrected chi connectivity index (χ2v) is 9.65. The summed E-state index contributed by atoms with van der Waals surface area (Å²) in [7, 11) is 0. The number of carbonyl (C=O) groups is 2. The van der Waals surface area contributed by atoms with Gasteiger partial charge in [0.05, 0.1) is 30.5 Å². The quantitative estimate of drug-likeness (QED) is 0.393. The second-order valence-electron chi connectivity index (χ2n) is 9.65. The van der Waals surface area contributed by atoms with Crippen LogP contribution in [0.1, 0.15) is 53.5 Å². The molecular formula is C26H38N2O5. The summed E-state index contributed by atoms with van der Waals surface area (Å²) in [6, 6.07) is 7.47. The van der Waals surface area contributed by atoms with E-state index in [0.717, 1.165) is 11.3 Å². The molecule has 0 saturated carbocycles. The van der Waals surface area contributed by atoms with Gasteiger partial charge >= 0.3 is 0 Å². The highest BCUT2D eigenvalue weighted by atomic mass is 16.5. The zero-order chi connectivity index (χ0) is 24.1. The van der Waals surface area contributed by atoms with Crippen molar-refractivity contribution >= 4 is 17.4 Å². The van der Waals surface area contributed by atoms with E-state index in [-0.39, 0.29) is 30.1 Å². The zero-order valence-electron chi connectivity index (χ0n) is 20.8. The van der Waals surface area contributed by atoms with E-state index in [0.29, 0.717) is 56.5 Å². The van der Waals surface area contributed by atoms with Gasteiger partial charge in [0.15, 0.2) is 0 Å². The molecule has 2 aliphatic heterocycles. The Kier molecular flexibility index (Phi) is 8.54. The molecule has 0 bridgehead atoms. The molecule has 1 fully saturated rings. The number of morpholine rings is 1. The highest BCUT2D eigenvalue weighted by Crippen LogP contribution is 2.34. The SMILES string of the molecule is CC(C)COc1ccc(C2=C(N3CC(C)OC(C)C3)C(=O)N(CCCOC(C)C)C2=O)cc1. The maximum absolute atomic E-state index is 13.5. The lowest BCUT2D eigenvalue weighted by molar-refractivity contribution is -0.138. The second kappa shape index (κ2) is 11.2. The molecule has 7 nitrogen and oxygen atoms in total. The first-order valence-corrected chi connectivity index (χ1v) is 12.0. The molecule has 0 radical (unpaired) electrons. The largest absolute Gasteiger partial charge is 0.493 e. The molecule has 0 N–H and O–H groups in total. The molecule has 1 saturated heterocycles. The Hall–Kier alpha value is -2.38. The summed E-state index contributed by atoms with van der Waals surface area (Å²) < 4.78 is 17.3. The molecule has 0 aromatic heterocycles. The van der Waals surface area contributed by atoms with E-state index in [9.17, 15) is 9.59 Å². The molecule has 2 amide bonds. The van der Waals surface area contributed by atoms with Gasteiger partial charge in [-0.1, -0.05) is 26.0 Å². The number of rotatable bonds is 10. The van der Waals surface area contributed by atoms with E-state index < -0.39 is 0 Å². The van der Waals surface area contributed by atoms with Gasteiger partial charge < -0.3 is 19.1 Å². The van der Waals surface area contributed by atoms with Crippen LogP contribution in [0.2, 0.25) is 0 Å². The minimum atomic E-state index is -0.248. The first kappa shape index (κ1) is 25.2. The van der Waals surface area contributed by atoms with Crippen molar-refractivity contribution in [3.8, 4) is 5.75 Å². The fraction of sp³-hybridized carbons (Fsp3) is 0.615. The Morgan fingerprint density at radius 2 is 1.64 bits per heavy atom. The van der Waals surface area contributed by atoms with Crippen LogP contribution in [0, 0.1) is 5.92 Å². The number of nitrogens with zero attached hydrogens (tertiary/aromatic N) is 2. The molecule has 7 heteroatoms. The van der Waals surface area contributed by atoms with E-state index in [1.54, 1.807) is 0 Å². The van der Waals surface area contributed by atoms with E-state index >= 15 is 0 Å². The van der Waals surface area contributed by atoms with Gasteiger partial charge in [-0.3, -0.25) is 14.5 Å². The van der Waals surface area contributed by atoms with E-state index in [4.69, 9.17) is 14.2 Å². The molecule has 0 aliphatic carbocycles. The molecule has 2 heterocycles. The third-order valence-corrected chi connectivity index (χ3v) is 5.58. The van der Waals surface area contributed by atoms with Crippen molar-refractivity contribution in [1.29, 1.82) is 0 Å². The average Bonchev–Trinajstić information content (AvgIpc) is 2.99. The van der Waals surface area contributed by atoms with Crippen molar-refractivity contribution in [3.63, 3.8) is 0 Å². The van der Waals surface area contributed by atoms with Gasteiger partial charge in [-0.25, -0.2) is 0 Å². The van der Waals surface area contributed by atoms with Crippen molar-refractivity contribution < 1.29 is 23.8 Å². The van der Waals surface area contributed by atoms with Crippen LogP contribution in [-0.2, 0) is 19.1 Å². The summed E-state index contributed by atoms with van der Waals surface area (Å²) >= 11 is 0. The van der Waals surface area contributed by atoms with Crippen LogP contribution in [-0.4, -0.2) is 72.8 Å². The van der Waals surface area contributed by atoms with E-state index in [2.05, 4.69) is 13.8 Å². The van der Waals surface area contributed by atoms with Crippen LogP contribution < -0.4 is 4.74 Å². The highest BCUT2D eigenvalue weighted by molar-refractivity contribution is 6.35. The summed E-state index contributed by atoms with van der Waals surface area (Å²) in [6.07, 6.45) is 0.678. The van der Waals surface area contributed by atoms with Crippen LogP contribution >= 0.6 is 0 Å². The van der Waals surface area contributed by atoms with Gasteiger partial charge in [0.1, 0.15) is 11.4 Å². The lowest BCUT2D eigenvalue weighted by Crippen LogP contribution is -2.47. The number of hydrogen-bond acceptors (Lipinski definition) is 6. The van der Waals surface area contributed by atoms with E-state index in [1.807, 2.05) is 56.9 Å². The molecule has 3 rings (SSSR count). The molecule has 2 unspecified atom stereocenters. The lowest BCUT2D eigenvalue weighted by atomic mass is 10.0. The van der Waals surface area contributed by atoms with Gasteiger partial charge in [0.25, 0.3) is 11.8 Å². The van der Waals surface area contributed by atoms with Gasteiger partial charge in [0, 0.05) is 26.2 Å². The smallest absolute Gasteiger partial charge is 0.277 e. The van der Waals surface area contributed by atoms with Crippen molar-refractivity contribution in [2.75, 3.05) is 32.8 Å². The van der Waals surface area contributed by atoms with Crippen molar-refractivity contribution in [1.82, 2.24) is 9.80 Å². The summed E-state index contributed by atoms with van der Waals surface area (Å²) in [5, 5.41) is 0. The number of benzene rings is 1. The van der Waals surface area contributed by atoms with Crippen molar-refractivity contribution in [2.45, 2.75) is 66.3 Å². The fourth-order valence-corrected chi connectivity index (χ4v) is 4.20. The standard InChI is InChI=1S/C26H38N2O5/c1-17(2)16-32-22-10-8-21(9-11-22)23-24(27-14-19(5)33-20(6)15-27)26(30)28(25(23)29)12-7-13-31-18(3)4/h8-11,17-20H,7,12-16H2,1-6H3. The molecule has 1 aromatic rings. The molecule has 182 valence electrons. The Morgan fingerprint density at radius 3 is 2.21 bits per heavy atom. The molecule has 1 aromatic carbocycles.